The third-order valence-corrected chi connectivity index (χ3v) is 9.44. The molecular formula is C31H31N5O6S. The maximum absolute atomic E-state index is 13.2. The van der Waals surface area contributed by atoms with Gasteiger partial charge in [0.2, 0.25) is 0 Å². The van der Waals surface area contributed by atoms with Crippen LogP contribution in [0.25, 0.3) is 17.0 Å². The van der Waals surface area contributed by atoms with Crippen LogP contribution in [0.1, 0.15) is 42.6 Å². The maximum Gasteiger partial charge on any atom is 0.425 e. The zero-order chi connectivity index (χ0) is 30.1. The summed E-state index contributed by atoms with van der Waals surface area (Å²) in [6.07, 6.45) is 5.67. The number of fused-ring (bicyclic) bond motifs is 1. The van der Waals surface area contributed by atoms with Gasteiger partial charge in [-0.2, -0.15) is 0 Å². The first-order chi connectivity index (χ1) is 20.7. The van der Waals surface area contributed by atoms with Gasteiger partial charge in [0.05, 0.1) is 17.3 Å². The largest absolute Gasteiger partial charge is 0.445 e. The Balaban J connectivity index is 1.23. The lowest BCUT2D eigenvalue weighted by molar-refractivity contribution is 0.102. The van der Waals surface area contributed by atoms with Gasteiger partial charge in [-0.1, -0.05) is 61.4 Å². The molecule has 1 amide bonds. The summed E-state index contributed by atoms with van der Waals surface area (Å²) >= 11 is 0. The summed E-state index contributed by atoms with van der Waals surface area (Å²) in [6.45, 7) is 4.99. The number of aryl methyl sites for hydroxylation is 1. The Kier molecular flexibility index (Phi) is 7.61. The van der Waals surface area contributed by atoms with Crippen molar-refractivity contribution in [2.24, 2.45) is 5.92 Å². The smallest absolute Gasteiger partial charge is 0.425 e. The minimum absolute atomic E-state index is 0.0860. The summed E-state index contributed by atoms with van der Waals surface area (Å²) < 4.78 is 40.0. The van der Waals surface area contributed by atoms with Crippen LogP contribution in [0.3, 0.4) is 0 Å². The third-order valence-electron chi connectivity index (χ3n) is 7.76. The Labute approximate surface area is 248 Å². The zero-order valence-corrected chi connectivity index (χ0v) is 24.6. The van der Waals surface area contributed by atoms with Crippen LogP contribution in [0.4, 0.5) is 4.79 Å². The van der Waals surface area contributed by atoms with E-state index in [1.54, 1.807) is 35.4 Å². The summed E-state index contributed by atoms with van der Waals surface area (Å²) in [6, 6.07) is 17.6. The maximum atomic E-state index is 13.2. The molecule has 0 radical (unpaired) electrons. The molecule has 0 N–H and O–H groups in total. The number of ether oxygens (including phenoxy) is 1. The number of hydrogen-bond donors (Lipinski definition) is 0. The molecule has 0 aliphatic carbocycles. The van der Waals surface area contributed by atoms with E-state index in [2.05, 4.69) is 16.9 Å². The van der Waals surface area contributed by atoms with Crippen LogP contribution in [0.15, 0.2) is 93.4 Å². The molecule has 3 aromatic heterocycles. The molecule has 5 aromatic rings. The lowest BCUT2D eigenvalue weighted by Crippen LogP contribution is -2.29. The molecule has 12 heteroatoms. The number of aromatic nitrogens is 4. The average molecular weight is 602 g/mol. The summed E-state index contributed by atoms with van der Waals surface area (Å²) in [5.74, 6) is -0.112. The van der Waals surface area contributed by atoms with Crippen molar-refractivity contribution in [3.05, 3.63) is 107 Å². The second-order valence-corrected chi connectivity index (χ2v) is 12.6. The lowest BCUT2D eigenvalue weighted by atomic mass is 9.90. The van der Waals surface area contributed by atoms with E-state index in [0.29, 0.717) is 24.4 Å². The highest BCUT2D eigenvalue weighted by Gasteiger charge is 2.39. The van der Waals surface area contributed by atoms with Gasteiger partial charge >= 0.3 is 11.8 Å². The number of oxazole rings is 1. The van der Waals surface area contributed by atoms with E-state index < -0.39 is 21.9 Å². The number of amides is 1. The molecular weight excluding hydrogens is 570 g/mol. The molecule has 2 aromatic carbocycles. The van der Waals surface area contributed by atoms with Crippen molar-refractivity contribution < 1.29 is 22.4 Å². The molecule has 0 unspecified atom stereocenters. The molecule has 0 spiro atoms. The van der Waals surface area contributed by atoms with Crippen molar-refractivity contribution in [3.63, 3.8) is 0 Å². The van der Waals surface area contributed by atoms with Crippen molar-refractivity contribution in [2.45, 2.75) is 44.1 Å². The number of benzene rings is 2. The van der Waals surface area contributed by atoms with Crippen molar-refractivity contribution in [2.75, 3.05) is 13.1 Å². The fourth-order valence-corrected chi connectivity index (χ4v) is 6.81. The number of likely N-dealkylation sites (tertiary alicyclic amines) is 1. The van der Waals surface area contributed by atoms with E-state index >= 15 is 0 Å². The van der Waals surface area contributed by atoms with Crippen molar-refractivity contribution >= 4 is 27.3 Å². The van der Waals surface area contributed by atoms with Crippen molar-refractivity contribution in [1.29, 1.82) is 0 Å². The molecule has 0 saturated carbocycles. The summed E-state index contributed by atoms with van der Waals surface area (Å²) in [4.78, 5) is 36.5. The lowest BCUT2D eigenvalue weighted by Gasteiger charge is -2.16. The quantitative estimate of drug-likeness (QED) is 0.246. The minimum atomic E-state index is -3.89. The second kappa shape index (κ2) is 11.5. The van der Waals surface area contributed by atoms with E-state index in [1.807, 2.05) is 37.3 Å². The van der Waals surface area contributed by atoms with Crippen LogP contribution in [0.2, 0.25) is 0 Å². The summed E-state index contributed by atoms with van der Waals surface area (Å²) in [5, 5.41) is 0. The molecule has 1 aliphatic heterocycles. The van der Waals surface area contributed by atoms with E-state index in [9.17, 15) is 18.0 Å². The number of rotatable bonds is 8. The SMILES string of the molecule is CCC[C@@H]1CN(C(=O)OCc2ccccc2)C[C@@H]1c1cn(-c2cnc3c(ccn3S(=O)(=O)c3ccc(C)cc3)n2)c(=O)o1. The van der Waals surface area contributed by atoms with Gasteiger partial charge < -0.3 is 14.1 Å². The van der Waals surface area contributed by atoms with E-state index in [4.69, 9.17) is 9.15 Å². The van der Waals surface area contributed by atoms with Gasteiger partial charge in [0.15, 0.2) is 11.5 Å². The van der Waals surface area contributed by atoms with Gasteiger partial charge in [-0.15, -0.1) is 0 Å². The zero-order valence-electron chi connectivity index (χ0n) is 23.8. The Hall–Kier alpha value is -4.71. The molecule has 1 saturated heterocycles. The third kappa shape index (κ3) is 5.57. The second-order valence-electron chi connectivity index (χ2n) is 10.7. The van der Waals surface area contributed by atoms with Crippen molar-refractivity contribution in [1.82, 2.24) is 23.4 Å². The van der Waals surface area contributed by atoms with Crippen LogP contribution >= 0.6 is 0 Å². The van der Waals surface area contributed by atoms with Gasteiger partial charge in [0, 0.05) is 25.2 Å². The minimum Gasteiger partial charge on any atom is -0.445 e. The Morgan fingerprint density at radius 3 is 2.58 bits per heavy atom. The normalized spacial score (nSPS) is 17.0. The van der Waals surface area contributed by atoms with Crippen LogP contribution < -0.4 is 5.76 Å². The Morgan fingerprint density at radius 2 is 1.84 bits per heavy atom. The molecule has 11 nitrogen and oxygen atoms in total. The average Bonchev–Trinajstić information content (AvgIpc) is 3.73. The van der Waals surface area contributed by atoms with Crippen LogP contribution in [-0.4, -0.2) is 51.0 Å². The number of carbonyl (C=O) groups excluding carboxylic acids is 1. The monoisotopic (exact) mass is 601 g/mol. The first-order valence-corrected chi connectivity index (χ1v) is 15.5. The molecule has 1 aliphatic rings. The fourth-order valence-electron chi connectivity index (χ4n) is 5.52. The van der Waals surface area contributed by atoms with E-state index in [1.165, 1.54) is 23.0 Å². The molecule has 222 valence electrons. The van der Waals surface area contributed by atoms with Gasteiger partial charge in [-0.3, -0.25) is 0 Å². The Morgan fingerprint density at radius 1 is 1.07 bits per heavy atom. The topological polar surface area (TPSA) is 130 Å². The fraction of sp³-hybridized carbons (Fsp3) is 0.290. The number of hydrogen-bond acceptors (Lipinski definition) is 8. The van der Waals surface area contributed by atoms with E-state index in [0.717, 1.165) is 27.9 Å². The van der Waals surface area contributed by atoms with Gasteiger partial charge in [0.1, 0.15) is 17.9 Å². The molecule has 2 atom stereocenters. The molecule has 0 bridgehead atoms. The number of carbonyl (C=O) groups is 1. The van der Waals surface area contributed by atoms with Gasteiger partial charge in [0.25, 0.3) is 10.0 Å². The first-order valence-electron chi connectivity index (χ1n) is 14.1. The molecule has 43 heavy (non-hydrogen) atoms. The predicted octanol–water partition coefficient (Wildman–Crippen LogP) is 4.87. The Bertz CT molecular complexity index is 1930. The summed E-state index contributed by atoms with van der Waals surface area (Å²) in [7, 11) is -3.89. The van der Waals surface area contributed by atoms with Crippen molar-refractivity contribution in [3.8, 4) is 5.82 Å². The van der Waals surface area contributed by atoms with E-state index in [-0.39, 0.29) is 34.8 Å². The number of nitrogens with zero attached hydrogens (tertiary/aromatic N) is 5. The first kappa shape index (κ1) is 28.4. The highest BCUT2D eigenvalue weighted by atomic mass is 32.2. The van der Waals surface area contributed by atoms with Crippen LogP contribution in [-0.2, 0) is 21.4 Å². The molecule has 1 fully saturated rings. The van der Waals surface area contributed by atoms with Crippen LogP contribution in [0.5, 0.6) is 0 Å². The van der Waals surface area contributed by atoms with Gasteiger partial charge in [-0.25, -0.2) is 36.5 Å². The standard InChI is InChI=1S/C31H31N5O6S/c1-3-7-23-17-34(30(37)41-20-22-8-5-4-6-9-22)18-25(23)27-19-35(31(38)42-27)28-16-32-29-26(33-28)14-15-36(29)43(39,40)24-12-10-21(2)11-13-24/h4-6,8-16,19,23,25H,3,7,17-18,20H2,1-2H3/t23-,25+/m1/s1. The molecule has 6 rings (SSSR count). The molecule has 4 heterocycles. The van der Waals surface area contributed by atoms with Crippen LogP contribution in [0, 0.1) is 12.8 Å². The highest BCUT2D eigenvalue weighted by Crippen LogP contribution is 2.36. The highest BCUT2D eigenvalue weighted by molar-refractivity contribution is 7.90. The predicted molar refractivity (Wildman–Crippen MR) is 158 cm³/mol. The summed E-state index contributed by atoms with van der Waals surface area (Å²) in [5.41, 5.74) is 2.30. The van der Waals surface area contributed by atoms with Gasteiger partial charge in [-0.05, 0) is 43.0 Å².